The first kappa shape index (κ1) is 18.8. The first-order valence-electron chi connectivity index (χ1n) is 9.40. The van der Waals surface area contributed by atoms with Crippen LogP contribution < -0.4 is 4.74 Å². The molecule has 2 aromatic carbocycles. The third-order valence-corrected chi connectivity index (χ3v) is 4.93. The van der Waals surface area contributed by atoms with Crippen LogP contribution >= 0.6 is 0 Å². The maximum Gasteiger partial charge on any atom is 0.268 e. The third-order valence-electron chi connectivity index (χ3n) is 4.93. The lowest BCUT2D eigenvalue weighted by Gasteiger charge is -2.26. The van der Waals surface area contributed by atoms with Crippen molar-refractivity contribution in [2.75, 3.05) is 0 Å². The second kappa shape index (κ2) is 7.47. The van der Waals surface area contributed by atoms with Crippen LogP contribution in [0.1, 0.15) is 36.4 Å². The molecular formula is C23H22N4O2. The van der Waals surface area contributed by atoms with Crippen molar-refractivity contribution in [2.45, 2.75) is 33.1 Å². The second-order valence-electron chi connectivity index (χ2n) is 7.49. The van der Waals surface area contributed by atoms with Gasteiger partial charge < -0.3 is 9.15 Å². The first-order chi connectivity index (χ1) is 13.9. The van der Waals surface area contributed by atoms with Crippen molar-refractivity contribution in [1.29, 1.82) is 0 Å². The van der Waals surface area contributed by atoms with E-state index in [0.717, 1.165) is 0 Å². The van der Waals surface area contributed by atoms with Crippen molar-refractivity contribution in [1.82, 2.24) is 20.2 Å². The molecular weight excluding hydrogens is 364 g/mol. The largest absolute Gasteiger partial charge is 0.437 e. The number of nitrogens with zero attached hydrogens (tertiary/aromatic N) is 4. The smallest absolute Gasteiger partial charge is 0.268 e. The molecule has 4 aromatic rings. The monoisotopic (exact) mass is 386 g/mol. The van der Waals surface area contributed by atoms with Gasteiger partial charge in [0.15, 0.2) is 0 Å². The molecule has 0 saturated heterocycles. The Kier molecular flexibility index (Phi) is 4.84. The lowest BCUT2D eigenvalue weighted by molar-refractivity contribution is 0.458. The maximum absolute atomic E-state index is 5.87. The Morgan fingerprint density at radius 2 is 1.48 bits per heavy atom. The van der Waals surface area contributed by atoms with E-state index < -0.39 is 0 Å². The summed E-state index contributed by atoms with van der Waals surface area (Å²) in [5.74, 6) is 1.83. The molecule has 0 spiro atoms. The van der Waals surface area contributed by atoms with Gasteiger partial charge in [0.25, 0.3) is 5.89 Å². The Hall–Kier alpha value is -3.54. The van der Waals surface area contributed by atoms with Crippen molar-refractivity contribution in [3.05, 3.63) is 83.5 Å². The van der Waals surface area contributed by atoms with E-state index >= 15 is 0 Å². The zero-order chi connectivity index (χ0) is 20.4. The summed E-state index contributed by atoms with van der Waals surface area (Å²) in [4.78, 5) is 8.55. The van der Waals surface area contributed by atoms with Crippen LogP contribution in [0, 0.1) is 13.8 Å². The van der Waals surface area contributed by atoms with Gasteiger partial charge in [0.05, 0.1) is 12.4 Å². The van der Waals surface area contributed by atoms with Crippen LogP contribution in [0.15, 0.2) is 65.3 Å². The van der Waals surface area contributed by atoms with E-state index in [1.54, 1.807) is 19.3 Å². The molecule has 0 amide bonds. The molecule has 0 aliphatic carbocycles. The van der Waals surface area contributed by atoms with Crippen molar-refractivity contribution in [2.24, 2.45) is 0 Å². The van der Waals surface area contributed by atoms with E-state index in [0.29, 0.717) is 29.1 Å². The number of benzene rings is 2. The van der Waals surface area contributed by atoms with E-state index in [4.69, 9.17) is 9.15 Å². The van der Waals surface area contributed by atoms with Crippen molar-refractivity contribution in [3.8, 4) is 23.2 Å². The average Bonchev–Trinajstić information content (AvgIpc) is 3.15. The Morgan fingerprint density at radius 1 is 0.828 bits per heavy atom. The summed E-state index contributed by atoms with van der Waals surface area (Å²) in [5.41, 5.74) is 4.09. The van der Waals surface area contributed by atoms with Crippen LogP contribution in [0.3, 0.4) is 0 Å². The fraction of sp³-hybridized carbons (Fsp3) is 0.217. The molecule has 0 aliphatic rings. The standard InChI is InChI=1S/C23H22N4O2/c1-15-5-7-17(8-6-15)23(3,4)18-9-11-19(12-10-18)29-21-14-24-13-20(25-21)22-27-26-16(2)28-22/h5-14H,1-4H3. The van der Waals surface area contributed by atoms with Crippen LogP contribution in [0.5, 0.6) is 11.6 Å². The number of hydrogen-bond acceptors (Lipinski definition) is 6. The highest BCUT2D eigenvalue weighted by Crippen LogP contribution is 2.33. The first-order valence-corrected chi connectivity index (χ1v) is 9.40. The van der Waals surface area contributed by atoms with Gasteiger partial charge in [0.2, 0.25) is 11.8 Å². The van der Waals surface area contributed by atoms with Crippen LogP contribution in [0.4, 0.5) is 0 Å². The number of hydrogen-bond donors (Lipinski definition) is 0. The molecule has 2 aromatic heterocycles. The van der Waals surface area contributed by atoms with E-state index in [9.17, 15) is 0 Å². The Labute approximate surface area is 169 Å². The summed E-state index contributed by atoms with van der Waals surface area (Å²) in [6.07, 6.45) is 3.11. The minimum atomic E-state index is -0.109. The van der Waals surface area contributed by atoms with Crippen LogP contribution in [-0.2, 0) is 5.41 Å². The molecule has 146 valence electrons. The van der Waals surface area contributed by atoms with Crippen LogP contribution in [-0.4, -0.2) is 20.2 Å². The highest BCUT2D eigenvalue weighted by Gasteiger charge is 2.23. The molecule has 0 radical (unpaired) electrons. The molecule has 6 nitrogen and oxygen atoms in total. The Morgan fingerprint density at radius 3 is 2.10 bits per heavy atom. The summed E-state index contributed by atoms with van der Waals surface area (Å²) in [6, 6.07) is 16.7. The van der Waals surface area contributed by atoms with Gasteiger partial charge >= 0.3 is 0 Å². The van der Waals surface area contributed by atoms with Crippen molar-refractivity contribution < 1.29 is 9.15 Å². The molecule has 0 saturated carbocycles. The minimum Gasteiger partial charge on any atom is -0.437 e. The highest BCUT2D eigenvalue weighted by molar-refractivity contribution is 5.45. The van der Waals surface area contributed by atoms with Gasteiger partial charge in [-0.15, -0.1) is 10.2 Å². The van der Waals surface area contributed by atoms with E-state index in [1.165, 1.54) is 16.7 Å². The van der Waals surface area contributed by atoms with Crippen LogP contribution in [0.2, 0.25) is 0 Å². The van der Waals surface area contributed by atoms with Gasteiger partial charge in [-0.05, 0) is 30.2 Å². The van der Waals surface area contributed by atoms with E-state index in [2.05, 4.69) is 77.3 Å². The minimum absolute atomic E-state index is 0.109. The normalized spacial score (nSPS) is 11.4. The van der Waals surface area contributed by atoms with Crippen molar-refractivity contribution >= 4 is 0 Å². The lowest BCUT2D eigenvalue weighted by Crippen LogP contribution is -2.18. The molecule has 2 heterocycles. The van der Waals surface area contributed by atoms with Gasteiger partial charge in [0.1, 0.15) is 11.4 Å². The second-order valence-corrected chi connectivity index (χ2v) is 7.49. The number of aromatic nitrogens is 4. The molecule has 0 bridgehead atoms. The lowest BCUT2D eigenvalue weighted by atomic mass is 9.78. The number of ether oxygens (including phenoxy) is 1. The Bertz CT molecular complexity index is 1120. The van der Waals surface area contributed by atoms with Gasteiger partial charge in [0, 0.05) is 12.3 Å². The van der Waals surface area contributed by atoms with Gasteiger partial charge in [-0.2, -0.15) is 0 Å². The molecule has 6 heteroatoms. The predicted molar refractivity (Wildman–Crippen MR) is 110 cm³/mol. The van der Waals surface area contributed by atoms with Crippen molar-refractivity contribution in [3.63, 3.8) is 0 Å². The molecule has 0 N–H and O–H groups in total. The zero-order valence-corrected chi connectivity index (χ0v) is 16.9. The maximum atomic E-state index is 5.87. The van der Waals surface area contributed by atoms with Gasteiger partial charge in [-0.25, -0.2) is 4.98 Å². The molecule has 0 atom stereocenters. The molecule has 4 rings (SSSR count). The molecule has 0 aliphatic heterocycles. The number of rotatable bonds is 5. The topological polar surface area (TPSA) is 73.9 Å². The summed E-state index contributed by atoms with van der Waals surface area (Å²) < 4.78 is 11.3. The fourth-order valence-corrected chi connectivity index (χ4v) is 3.10. The SMILES string of the molecule is Cc1ccc(C(C)(C)c2ccc(Oc3cncc(-c4nnc(C)o4)n3)cc2)cc1. The molecule has 0 unspecified atom stereocenters. The fourth-order valence-electron chi connectivity index (χ4n) is 3.10. The van der Waals surface area contributed by atoms with E-state index in [-0.39, 0.29) is 5.41 Å². The summed E-state index contributed by atoms with van der Waals surface area (Å²) in [7, 11) is 0. The Balaban J connectivity index is 1.53. The van der Waals surface area contributed by atoms with Crippen LogP contribution in [0.25, 0.3) is 11.6 Å². The summed E-state index contributed by atoms with van der Waals surface area (Å²) in [5, 5.41) is 7.78. The third kappa shape index (κ3) is 4.01. The van der Waals surface area contributed by atoms with E-state index in [1.807, 2.05) is 12.1 Å². The number of aryl methyl sites for hydroxylation is 2. The van der Waals surface area contributed by atoms with Gasteiger partial charge in [-0.3, -0.25) is 4.98 Å². The highest BCUT2D eigenvalue weighted by atomic mass is 16.5. The zero-order valence-electron chi connectivity index (χ0n) is 16.9. The quantitative estimate of drug-likeness (QED) is 0.466. The molecule has 0 fully saturated rings. The average molecular weight is 386 g/mol. The summed E-state index contributed by atoms with van der Waals surface area (Å²) in [6.45, 7) is 8.26. The molecule has 29 heavy (non-hydrogen) atoms. The predicted octanol–water partition coefficient (Wildman–Crippen LogP) is 5.26. The summed E-state index contributed by atoms with van der Waals surface area (Å²) >= 11 is 0. The van der Waals surface area contributed by atoms with Gasteiger partial charge in [-0.1, -0.05) is 55.8 Å².